The summed E-state index contributed by atoms with van der Waals surface area (Å²) in [6, 6.07) is 15.7. The highest BCUT2D eigenvalue weighted by atomic mass is 16.5. The van der Waals surface area contributed by atoms with Crippen molar-refractivity contribution in [2.45, 2.75) is 6.54 Å². The van der Waals surface area contributed by atoms with Gasteiger partial charge in [0.2, 0.25) is 5.91 Å². The average molecular weight is 350 g/mol. The highest BCUT2D eigenvalue weighted by Gasteiger charge is 2.08. The molecule has 0 radical (unpaired) electrons. The number of nitrogens with two attached hydrogens (primary N) is 1. The number of benzene rings is 2. The van der Waals surface area contributed by atoms with E-state index in [2.05, 4.69) is 10.4 Å². The van der Waals surface area contributed by atoms with Crippen molar-refractivity contribution in [2.24, 2.45) is 5.73 Å². The van der Waals surface area contributed by atoms with Crippen molar-refractivity contribution in [3.8, 4) is 5.75 Å². The largest absolute Gasteiger partial charge is 0.484 e. The summed E-state index contributed by atoms with van der Waals surface area (Å²) in [6.07, 6.45) is 3.57. The van der Waals surface area contributed by atoms with E-state index in [9.17, 15) is 9.59 Å². The average Bonchev–Trinajstić information content (AvgIpc) is 3.15. The van der Waals surface area contributed by atoms with Gasteiger partial charge in [0.05, 0.1) is 6.54 Å². The summed E-state index contributed by atoms with van der Waals surface area (Å²) < 4.78 is 7.22. The molecule has 132 valence electrons. The molecule has 2 amide bonds. The first-order valence-electron chi connectivity index (χ1n) is 7.99. The Labute approximate surface area is 150 Å². The van der Waals surface area contributed by atoms with Crippen LogP contribution in [0.15, 0.2) is 67.0 Å². The van der Waals surface area contributed by atoms with Crippen LogP contribution in [0.4, 0.5) is 5.69 Å². The van der Waals surface area contributed by atoms with Crippen LogP contribution in [0.1, 0.15) is 15.9 Å². The van der Waals surface area contributed by atoms with Crippen LogP contribution in [0.5, 0.6) is 5.75 Å². The summed E-state index contributed by atoms with van der Waals surface area (Å²) in [6.45, 7) is 0.408. The normalized spacial score (nSPS) is 10.3. The Morgan fingerprint density at radius 3 is 2.54 bits per heavy atom. The monoisotopic (exact) mass is 350 g/mol. The van der Waals surface area contributed by atoms with E-state index in [0.29, 0.717) is 23.5 Å². The molecule has 0 saturated carbocycles. The fourth-order valence-corrected chi connectivity index (χ4v) is 2.40. The van der Waals surface area contributed by atoms with Gasteiger partial charge in [-0.15, -0.1) is 0 Å². The van der Waals surface area contributed by atoms with Gasteiger partial charge in [-0.3, -0.25) is 14.3 Å². The number of para-hydroxylation sites is 1. The standard InChI is InChI=1S/C19H18N4O3/c20-19(25)14-6-8-16(9-7-14)26-13-18(24)22-17-5-2-1-4-15(17)12-23-11-3-10-21-23/h1-11H,12-13H2,(H2,20,25)(H,22,24). The third-order valence-corrected chi connectivity index (χ3v) is 3.69. The zero-order chi connectivity index (χ0) is 18.4. The van der Waals surface area contributed by atoms with Crippen LogP contribution in [-0.4, -0.2) is 28.2 Å². The highest BCUT2D eigenvalue weighted by Crippen LogP contribution is 2.17. The van der Waals surface area contributed by atoms with E-state index in [1.165, 1.54) is 0 Å². The summed E-state index contributed by atoms with van der Waals surface area (Å²) in [7, 11) is 0. The maximum absolute atomic E-state index is 12.2. The van der Waals surface area contributed by atoms with Crippen molar-refractivity contribution in [1.82, 2.24) is 9.78 Å². The molecule has 2 aromatic carbocycles. The number of hydrogen-bond acceptors (Lipinski definition) is 4. The third kappa shape index (κ3) is 4.47. The number of hydrogen-bond donors (Lipinski definition) is 2. The molecule has 1 aromatic heterocycles. The second-order valence-corrected chi connectivity index (χ2v) is 5.59. The fourth-order valence-electron chi connectivity index (χ4n) is 2.40. The number of anilines is 1. The van der Waals surface area contributed by atoms with Crippen molar-refractivity contribution in [3.63, 3.8) is 0 Å². The summed E-state index contributed by atoms with van der Waals surface area (Å²) >= 11 is 0. The van der Waals surface area contributed by atoms with Crippen molar-refractivity contribution < 1.29 is 14.3 Å². The number of carbonyl (C=O) groups excluding carboxylic acids is 2. The Morgan fingerprint density at radius 2 is 1.85 bits per heavy atom. The van der Waals surface area contributed by atoms with Gasteiger partial charge in [0.25, 0.3) is 5.91 Å². The predicted molar refractivity (Wildman–Crippen MR) is 96.9 cm³/mol. The maximum Gasteiger partial charge on any atom is 0.262 e. The van der Waals surface area contributed by atoms with Crippen LogP contribution in [-0.2, 0) is 11.3 Å². The van der Waals surface area contributed by atoms with E-state index in [4.69, 9.17) is 10.5 Å². The summed E-state index contributed by atoms with van der Waals surface area (Å²) in [5.41, 5.74) is 7.22. The Hall–Kier alpha value is -3.61. The van der Waals surface area contributed by atoms with Crippen LogP contribution >= 0.6 is 0 Å². The number of ether oxygens (including phenoxy) is 1. The van der Waals surface area contributed by atoms with Crippen molar-refractivity contribution in [3.05, 3.63) is 78.1 Å². The van der Waals surface area contributed by atoms with Crippen molar-refractivity contribution in [1.29, 1.82) is 0 Å². The second kappa shape index (κ2) is 7.98. The van der Waals surface area contributed by atoms with E-state index >= 15 is 0 Å². The van der Waals surface area contributed by atoms with Crippen LogP contribution in [0.2, 0.25) is 0 Å². The van der Waals surface area contributed by atoms with Gasteiger partial charge in [-0.1, -0.05) is 18.2 Å². The van der Waals surface area contributed by atoms with Gasteiger partial charge in [-0.2, -0.15) is 5.10 Å². The first-order chi connectivity index (χ1) is 12.6. The molecular formula is C19H18N4O3. The van der Waals surface area contributed by atoms with Gasteiger partial charge < -0.3 is 15.8 Å². The fraction of sp³-hybridized carbons (Fsp3) is 0.105. The summed E-state index contributed by atoms with van der Waals surface area (Å²) in [4.78, 5) is 23.2. The quantitative estimate of drug-likeness (QED) is 0.681. The Morgan fingerprint density at radius 1 is 1.08 bits per heavy atom. The third-order valence-electron chi connectivity index (χ3n) is 3.69. The number of rotatable bonds is 7. The predicted octanol–water partition coefficient (Wildman–Crippen LogP) is 2.05. The molecule has 3 rings (SSSR count). The lowest BCUT2D eigenvalue weighted by molar-refractivity contribution is -0.118. The first-order valence-corrected chi connectivity index (χ1v) is 7.99. The van der Waals surface area contributed by atoms with Gasteiger partial charge in [-0.25, -0.2) is 0 Å². The van der Waals surface area contributed by atoms with Crippen LogP contribution in [0.3, 0.4) is 0 Å². The van der Waals surface area contributed by atoms with E-state index in [1.807, 2.05) is 36.5 Å². The molecule has 26 heavy (non-hydrogen) atoms. The topological polar surface area (TPSA) is 99.2 Å². The van der Waals surface area contributed by atoms with Gasteiger partial charge in [0.1, 0.15) is 5.75 Å². The Bertz CT molecular complexity index is 889. The molecule has 1 heterocycles. The molecule has 3 aromatic rings. The lowest BCUT2D eigenvalue weighted by atomic mass is 10.1. The second-order valence-electron chi connectivity index (χ2n) is 5.59. The van der Waals surface area contributed by atoms with Crippen molar-refractivity contribution >= 4 is 17.5 Å². The zero-order valence-electron chi connectivity index (χ0n) is 14.0. The van der Waals surface area contributed by atoms with Crippen molar-refractivity contribution in [2.75, 3.05) is 11.9 Å². The maximum atomic E-state index is 12.2. The number of nitrogens with one attached hydrogen (secondary N) is 1. The summed E-state index contributed by atoms with van der Waals surface area (Å²) in [5, 5.41) is 7.02. The van der Waals surface area contributed by atoms with Gasteiger partial charge in [0, 0.05) is 23.6 Å². The van der Waals surface area contributed by atoms with Gasteiger partial charge in [-0.05, 0) is 42.0 Å². The molecule has 0 bridgehead atoms. The number of amides is 2. The molecule has 0 atom stereocenters. The molecule has 0 spiro atoms. The molecule has 3 N–H and O–H groups in total. The minimum absolute atomic E-state index is 0.147. The summed E-state index contributed by atoms with van der Waals surface area (Å²) in [5.74, 6) is -0.310. The van der Waals surface area contributed by atoms with Gasteiger partial charge >= 0.3 is 0 Å². The number of carbonyl (C=O) groups is 2. The molecule has 0 fully saturated rings. The molecule has 0 aliphatic rings. The molecular weight excluding hydrogens is 332 g/mol. The van der Waals surface area contributed by atoms with Crippen LogP contribution in [0.25, 0.3) is 0 Å². The highest BCUT2D eigenvalue weighted by molar-refractivity contribution is 5.93. The van der Waals surface area contributed by atoms with Crippen LogP contribution < -0.4 is 15.8 Å². The molecule has 0 saturated heterocycles. The SMILES string of the molecule is NC(=O)c1ccc(OCC(=O)Nc2ccccc2Cn2cccn2)cc1. The molecule has 0 aliphatic heterocycles. The Kier molecular flexibility index (Phi) is 5.28. The minimum Gasteiger partial charge on any atom is -0.484 e. The number of nitrogens with zero attached hydrogens (tertiary/aromatic N) is 2. The molecule has 0 unspecified atom stereocenters. The van der Waals surface area contributed by atoms with E-state index in [0.717, 1.165) is 5.56 Å². The number of aromatic nitrogens is 2. The Balaban J connectivity index is 1.59. The van der Waals surface area contributed by atoms with E-state index in [-0.39, 0.29) is 12.5 Å². The molecule has 7 heteroatoms. The first kappa shape index (κ1) is 17.2. The zero-order valence-corrected chi connectivity index (χ0v) is 14.0. The number of primary amides is 1. The lowest BCUT2D eigenvalue weighted by Crippen LogP contribution is -2.21. The molecule has 7 nitrogen and oxygen atoms in total. The lowest BCUT2D eigenvalue weighted by Gasteiger charge is -2.12. The van der Waals surface area contributed by atoms with Crippen LogP contribution in [0, 0.1) is 0 Å². The molecule has 0 aliphatic carbocycles. The van der Waals surface area contributed by atoms with E-state index < -0.39 is 5.91 Å². The van der Waals surface area contributed by atoms with E-state index in [1.54, 1.807) is 35.1 Å². The van der Waals surface area contributed by atoms with Gasteiger partial charge in [0.15, 0.2) is 6.61 Å². The smallest absolute Gasteiger partial charge is 0.262 e. The minimum atomic E-state index is -0.511.